The van der Waals surface area contributed by atoms with Crippen molar-refractivity contribution >= 4 is 11.4 Å². The molecule has 0 radical (unpaired) electrons. The van der Waals surface area contributed by atoms with Gasteiger partial charge in [-0.1, -0.05) is 67.6 Å². The molecule has 1 N–H and O–H groups in total. The number of nitrogens with zero attached hydrogens (tertiary/aromatic N) is 2. The fourth-order valence-corrected chi connectivity index (χ4v) is 3.65. The monoisotopic (exact) mass is 349 g/mol. The summed E-state index contributed by atoms with van der Waals surface area (Å²) in [7, 11) is 0. The molecule has 0 amide bonds. The normalized spacial score (nSPS) is 14.4. The molecule has 0 bridgehead atoms. The molecule has 2 aromatic rings. The maximum atomic E-state index is 3.43. The van der Waals surface area contributed by atoms with Crippen LogP contribution in [0.25, 0.3) is 11.4 Å². The Morgan fingerprint density at radius 3 is 1.88 bits per heavy atom. The molecule has 2 aromatic carbocycles. The molecule has 0 unspecified atom stereocenters. The van der Waals surface area contributed by atoms with Gasteiger partial charge < -0.3 is 15.1 Å². The van der Waals surface area contributed by atoms with Crippen LogP contribution in [0.4, 0.5) is 0 Å². The number of nitrogens with one attached hydrogen (secondary N) is 1. The Morgan fingerprint density at radius 2 is 1.35 bits per heavy atom. The van der Waals surface area contributed by atoms with Crippen LogP contribution in [-0.2, 0) is 0 Å². The van der Waals surface area contributed by atoms with Crippen molar-refractivity contribution in [2.75, 3.05) is 32.8 Å². The Labute approximate surface area is 158 Å². The molecule has 0 aliphatic carbocycles. The van der Waals surface area contributed by atoms with Gasteiger partial charge in [0.1, 0.15) is 0 Å². The van der Waals surface area contributed by atoms with Gasteiger partial charge in [-0.25, -0.2) is 0 Å². The minimum absolute atomic E-state index is 0.978. The van der Waals surface area contributed by atoms with Gasteiger partial charge in [0.2, 0.25) is 0 Å². The molecule has 1 aliphatic rings. The largest absolute Gasteiger partial charge is 0.352 e. The predicted molar refractivity (Wildman–Crippen MR) is 111 cm³/mol. The van der Waals surface area contributed by atoms with Crippen LogP contribution in [0.15, 0.2) is 60.7 Å². The molecule has 138 valence electrons. The summed E-state index contributed by atoms with van der Waals surface area (Å²) in [6.45, 7) is 9.68. The van der Waals surface area contributed by atoms with Crippen molar-refractivity contribution in [3.8, 4) is 0 Å². The molecule has 3 heteroatoms. The van der Waals surface area contributed by atoms with Crippen molar-refractivity contribution < 1.29 is 0 Å². The molecule has 0 atom stereocenters. The number of unbranched alkanes of at least 4 members (excludes halogenated alkanes) is 1. The van der Waals surface area contributed by atoms with E-state index >= 15 is 0 Å². The van der Waals surface area contributed by atoms with Crippen LogP contribution in [0, 0.1) is 0 Å². The van der Waals surface area contributed by atoms with Gasteiger partial charge in [0.25, 0.3) is 0 Å². The summed E-state index contributed by atoms with van der Waals surface area (Å²) in [6.07, 6.45) is 2.43. The first-order valence-electron chi connectivity index (χ1n) is 9.90. The summed E-state index contributed by atoms with van der Waals surface area (Å²) in [6, 6.07) is 21.7. The van der Waals surface area contributed by atoms with Crippen molar-refractivity contribution in [1.29, 1.82) is 0 Å². The van der Waals surface area contributed by atoms with Crippen molar-refractivity contribution in [2.24, 2.45) is 0 Å². The fourth-order valence-electron chi connectivity index (χ4n) is 3.65. The van der Waals surface area contributed by atoms with E-state index in [1.165, 1.54) is 35.4 Å². The molecule has 3 rings (SSSR count). The predicted octanol–water partition coefficient (Wildman–Crippen LogP) is 4.50. The number of hydrogen-bond acceptors (Lipinski definition) is 3. The van der Waals surface area contributed by atoms with Crippen LogP contribution < -0.4 is 5.32 Å². The standard InChI is InChI=1S/C23H31N3/c1-3-24-17-11-12-18-26-19-25(4-2)22(20-13-7-5-8-14-20)23(26)21-15-9-6-10-16-21/h5-10,13-16,24H,3-4,11-12,17-19H2,1-2H3. The molecule has 1 aliphatic heterocycles. The third-order valence-electron chi connectivity index (χ3n) is 4.96. The van der Waals surface area contributed by atoms with Crippen LogP contribution in [0.1, 0.15) is 37.8 Å². The van der Waals surface area contributed by atoms with Crippen molar-refractivity contribution in [1.82, 2.24) is 15.1 Å². The molecular weight excluding hydrogens is 318 g/mol. The second kappa shape index (κ2) is 9.44. The Morgan fingerprint density at radius 1 is 0.769 bits per heavy atom. The van der Waals surface area contributed by atoms with E-state index in [0.717, 1.165) is 32.8 Å². The zero-order chi connectivity index (χ0) is 18.2. The lowest BCUT2D eigenvalue weighted by atomic mass is 10.0. The topological polar surface area (TPSA) is 18.5 Å². The van der Waals surface area contributed by atoms with Crippen molar-refractivity contribution in [3.05, 3.63) is 71.8 Å². The highest BCUT2D eigenvalue weighted by Crippen LogP contribution is 2.37. The van der Waals surface area contributed by atoms with Gasteiger partial charge in [-0.2, -0.15) is 0 Å². The highest BCUT2D eigenvalue weighted by molar-refractivity contribution is 5.90. The van der Waals surface area contributed by atoms with E-state index in [4.69, 9.17) is 0 Å². The molecular formula is C23H31N3. The van der Waals surface area contributed by atoms with Gasteiger partial charge in [-0.15, -0.1) is 0 Å². The Kier molecular flexibility index (Phi) is 6.73. The molecule has 0 saturated carbocycles. The lowest BCUT2D eigenvalue weighted by Gasteiger charge is -2.23. The maximum Gasteiger partial charge on any atom is 0.0904 e. The first kappa shape index (κ1) is 18.5. The van der Waals surface area contributed by atoms with Crippen molar-refractivity contribution in [3.63, 3.8) is 0 Å². The highest BCUT2D eigenvalue weighted by Gasteiger charge is 2.29. The van der Waals surface area contributed by atoms with E-state index in [2.05, 4.69) is 89.6 Å². The van der Waals surface area contributed by atoms with E-state index in [9.17, 15) is 0 Å². The summed E-state index contributed by atoms with van der Waals surface area (Å²) in [5.41, 5.74) is 5.37. The van der Waals surface area contributed by atoms with Crippen LogP contribution in [0.3, 0.4) is 0 Å². The van der Waals surface area contributed by atoms with Gasteiger partial charge in [0.15, 0.2) is 0 Å². The molecule has 3 nitrogen and oxygen atoms in total. The zero-order valence-electron chi connectivity index (χ0n) is 16.1. The van der Waals surface area contributed by atoms with Gasteiger partial charge in [-0.05, 0) is 44.0 Å². The first-order valence-corrected chi connectivity index (χ1v) is 9.90. The lowest BCUT2D eigenvalue weighted by molar-refractivity contribution is 0.283. The summed E-state index contributed by atoms with van der Waals surface area (Å²) in [5.74, 6) is 0. The van der Waals surface area contributed by atoms with E-state index in [1.807, 2.05) is 0 Å². The van der Waals surface area contributed by atoms with Gasteiger partial charge >= 0.3 is 0 Å². The smallest absolute Gasteiger partial charge is 0.0904 e. The van der Waals surface area contributed by atoms with E-state index < -0.39 is 0 Å². The van der Waals surface area contributed by atoms with Crippen LogP contribution in [-0.4, -0.2) is 42.6 Å². The van der Waals surface area contributed by atoms with Crippen LogP contribution in [0.2, 0.25) is 0 Å². The summed E-state index contributed by atoms with van der Waals surface area (Å²) in [5, 5.41) is 3.43. The minimum atomic E-state index is 0.978. The number of hydrogen-bond donors (Lipinski definition) is 1. The average molecular weight is 350 g/mol. The number of benzene rings is 2. The zero-order valence-corrected chi connectivity index (χ0v) is 16.1. The highest BCUT2D eigenvalue weighted by atomic mass is 15.4. The Balaban J connectivity index is 1.91. The first-order chi connectivity index (χ1) is 12.8. The quantitative estimate of drug-likeness (QED) is 0.673. The second-order valence-electron chi connectivity index (χ2n) is 6.75. The van der Waals surface area contributed by atoms with Crippen molar-refractivity contribution in [2.45, 2.75) is 26.7 Å². The molecule has 0 saturated heterocycles. The Hall–Kier alpha value is -2.26. The summed E-state index contributed by atoms with van der Waals surface area (Å²) in [4.78, 5) is 5.06. The molecule has 0 aromatic heterocycles. The summed E-state index contributed by atoms with van der Waals surface area (Å²) >= 11 is 0. The molecule has 1 heterocycles. The minimum Gasteiger partial charge on any atom is -0.352 e. The van der Waals surface area contributed by atoms with Gasteiger partial charge in [0, 0.05) is 13.1 Å². The fraction of sp³-hybridized carbons (Fsp3) is 0.391. The maximum absolute atomic E-state index is 3.43. The van der Waals surface area contributed by atoms with E-state index in [-0.39, 0.29) is 0 Å². The lowest BCUT2D eigenvalue weighted by Crippen LogP contribution is -2.28. The molecule has 0 spiro atoms. The second-order valence-corrected chi connectivity index (χ2v) is 6.75. The SMILES string of the molecule is CCNCCCCN1CN(CC)C(c2ccccc2)=C1c1ccccc1. The summed E-state index contributed by atoms with van der Waals surface area (Å²) < 4.78 is 0. The third-order valence-corrected chi connectivity index (χ3v) is 4.96. The Bertz CT molecular complexity index is 694. The van der Waals surface area contributed by atoms with E-state index in [1.54, 1.807) is 0 Å². The van der Waals surface area contributed by atoms with Crippen LogP contribution >= 0.6 is 0 Å². The van der Waals surface area contributed by atoms with E-state index in [0.29, 0.717) is 0 Å². The van der Waals surface area contributed by atoms with Gasteiger partial charge in [-0.3, -0.25) is 0 Å². The number of rotatable bonds is 9. The molecule has 26 heavy (non-hydrogen) atoms. The van der Waals surface area contributed by atoms with Crippen LogP contribution in [0.5, 0.6) is 0 Å². The third kappa shape index (κ3) is 4.28. The average Bonchev–Trinajstić information content (AvgIpc) is 3.07. The van der Waals surface area contributed by atoms with Gasteiger partial charge in [0.05, 0.1) is 18.1 Å². The molecule has 0 fully saturated rings.